The van der Waals surface area contributed by atoms with Gasteiger partial charge in [0.25, 0.3) is 15.6 Å². The zero-order valence-electron chi connectivity index (χ0n) is 28.8. The average molecular weight is 801 g/mol. The molecule has 0 aliphatic heterocycles. The number of ether oxygens (including phenoxy) is 3. The molecule has 20 heteroatoms. The fraction of sp³-hybridized carbons (Fsp3) is 0.667. The van der Waals surface area contributed by atoms with Crippen molar-refractivity contribution >= 4 is 44.0 Å². The minimum atomic E-state index is -6.10. The van der Waals surface area contributed by atoms with E-state index < -0.39 is 39.4 Å². The van der Waals surface area contributed by atoms with Gasteiger partial charge in [0.2, 0.25) is 11.8 Å². The van der Waals surface area contributed by atoms with Crippen molar-refractivity contribution in [2.75, 3.05) is 56.2 Å². The number of carbonyl (C=O) groups excluding carboxylic acids is 2. The maximum atomic E-state index is 13.1. The summed E-state index contributed by atoms with van der Waals surface area (Å²) in [6, 6.07) is 1.89. The molecule has 2 atom stereocenters. The van der Waals surface area contributed by atoms with E-state index in [0.717, 1.165) is 17.8 Å². The van der Waals surface area contributed by atoms with Crippen LogP contribution in [0.4, 0.5) is 37.2 Å². The Hall–Kier alpha value is -3.04. The molecule has 4 fully saturated rings. The fourth-order valence-corrected chi connectivity index (χ4v) is 10.4. The molecule has 53 heavy (non-hydrogen) atoms. The number of thiazole rings is 1. The van der Waals surface area contributed by atoms with E-state index in [2.05, 4.69) is 15.6 Å². The Morgan fingerprint density at radius 3 is 2.02 bits per heavy atom. The normalized spacial score (nSPS) is 22.7. The topological polar surface area (TPSA) is 165 Å². The number of nitrogens with one attached hydrogen (secondary N) is 3. The van der Waals surface area contributed by atoms with Crippen LogP contribution < -0.4 is 15.4 Å². The van der Waals surface area contributed by atoms with Crippen molar-refractivity contribution in [2.45, 2.75) is 74.0 Å². The van der Waals surface area contributed by atoms with E-state index in [9.17, 15) is 49.5 Å². The van der Waals surface area contributed by atoms with Crippen LogP contribution in [0.3, 0.4) is 0 Å². The SMILES string of the molecule is Cc1nc(NC(=O)CCOCCOCCOCCNC(=O)CC23CC4CC(C2)C(C4)C3)sc1S(=O)(=O)Nc1ccc(C(O)(C(F)(F)F)C(F)(F)F)cc1. The molecule has 296 valence electrons. The second-order valence-electron chi connectivity index (χ2n) is 13.9. The molecule has 4 bridgehead atoms. The first-order chi connectivity index (χ1) is 24.8. The summed E-state index contributed by atoms with van der Waals surface area (Å²) in [6.07, 6.45) is -5.36. The summed E-state index contributed by atoms with van der Waals surface area (Å²) in [5.41, 5.74) is -6.92. The number of nitrogens with zero attached hydrogens (tertiary/aromatic N) is 1. The van der Waals surface area contributed by atoms with Gasteiger partial charge in [0.05, 0.1) is 51.8 Å². The maximum absolute atomic E-state index is 13.1. The predicted octanol–water partition coefficient (Wildman–Crippen LogP) is 5.28. The number of aryl methyl sites for hydroxylation is 1. The van der Waals surface area contributed by atoms with Crippen LogP contribution in [0.1, 0.15) is 56.2 Å². The van der Waals surface area contributed by atoms with Crippen LogP contribution in [0.15, 0.2) is 28.5 Å². The smallest absolute Gasteiger partial charge is 0.379 e. The van der Waals surface area contributed by atoms with E-state index in [1.54, 1.807) is 0 Å². The van der Waals surface area contributed by atoms with Crippen molar-refractivity contribution in [3.63, 3.8) is 0 Å². The zero-order chi connectivity index (χ0) is 38.7. The molecule has 2 unspecified atom stereocenters. The van der Waals surface area contributed by atoms with Gasteiger partial charge >= 0.3 is 12.4 Å². The number of hydrogen-bond donors (Lipinski definition) is 4. The Balaban J connectivity index is 0.925. The number of halogens is 6. The molecule has 2 amide bonds. The average Bonchev–Trinajstić information content (AvgIpc) is 3.65. The molecule has 4 aliphatic carbocycles. The van der Waals surface area contributed by atoms with Gasteiger partial charge in [0, 0.05) is 24.2 Å². The van der Waals surface area contributed by atoms with E-state index >= 15 is 0 Å². The monoisotopic (exact) mass is 800 g/mol. The quantitative estimate of drug-likeness (QED) is 0.109. The third kappa shape index (κ3) is 9.80. The minimum Gasteiger partial charge on any atom is -0.379 e. The van der Waals surface area contributed by atoms with Gasteiger partial charge in [-0.05, 0) is 74.3 Å². The highest BCUT2D eigenvalue weighted by atomic mass is 32.2. The second kappa shape index (κ2) is 16.4. The van der Waals surface area contributed by atoms with Crippen LogP contribution >= 0.6 is 11.3 Å². The van der Waals surface area contributed by atoms with Gasteiger partial charge in [-0.2, -0.15) is 26.3 Å². The number of benzene rings is 1. The number of sulfonamides is 1. The van der Waals surface area contributed by atoms with Gasteiger partial charge in [-0.25, -0.2) is 13.4 Å². The van der Waals surface area contributed by atoms with Crippen molar-refractivity contribution < 1.29 is 63.7 Å². The molecule has 12 nitrogen and oxygen atoms in total. The zero-order valence-corrected chi connectivity index (χ0v) is 30.4. The van der Waals surface area contributed by atoms with Crippen molar-refractivity contribution in [1.82, 2.24) is 10.3 Å². The second-order valence-corrected chi connectivity index (χ2v) is 16.8. The lowest BCUT2D eigenvalue weighted by Crippen LogP contribution is -2.53. The van der Waals surface area contributed by atoms with Crippen LogP contribution in [0, 0.1) is 30.1 Å². The molecular weight excluding hydrogens is 759 g/mol. The molecule has 4 aliphatic rings. The van der Waals surface area contributed by atoms with E-state index in [0.29, 0.717) is 68.4 Å². The van der Waals surface area contributed by atoms with Crippen molar-refractivity contribution in [1.29, 1.82) is 0 Å². The lowest BCUT2D eigenvalue weighted by atomic mass is 9.67. The van der Waals surface area contributed by atoms with E-state index in [4.69, 9.17) is 14.2 Å². The van der Waals surface area contributed by atoms with Crippen LogP contribution in [-0.4, -0.2) is 88.9 Å². The largest absolute Gasteiger partial charge is 0.430 e. The molecule has 1 aromatic carbocycles. The Labute approximate surface area is 306 Å². The third-order valence-corrected chi connectivity index (χ3v) is 13.1. The Morgan fingerprint density at radius 2 is 1.45 bits per heavy atom. The number of aliphatic hydroxyl groups is 1. The molecule has 4 N–H and O–H groups in total. The molecule has 2 aromatic rings. The van der Waals surface area contributed by atoms with Gasteiger partial charge in [-0.1, -0.05) is 23.5 Å². The van der Waals surface area contributed by atoms with Gasteiger partial charge in [-0.3, -0.25) is 14.3 Å². The number of anilines is 2. The molecule has 0 saturated heterocycles. The van der Waals surface area contributed by atoms with Crippen LogP contribution in [0.5, 0.6) is 0 Å². The predicted molar refractivity (Wildman–Crippen MR) is 179 cm³/mol. The first kappa shape index (κ1) is 41.1. The van der Waals surface area contributed by atoms with E-state index in [1.165, 1.54) is 39.0 Å². The molecule has 4 saturated carbocycles. The molecular formula is C33H42F6N4O8S2. The lowest BCUT2D eigenvalue weighted by molar-refractivity contribution is -0.376. The van der Waals surface area contributed by atoms with Crippen molar-refractivity contribution in [3.05, 3.63) is 35.5 Å². The highest BCUT2D eigenvalue weighted by molar-refractivity contribution is 7.94. The fourth-order valence-electron chi connectivity index (χ4n) is 7.90. The van der Waals surface area contributed by atoms with Crippen LogP contribution in [-0.2, 0) is 39.4 Å². The number of aromatic nitrogens is 1. The molecule has 1 aromatic heterocycles. The Morgan fingerprint density at radius 1 is 0.887 bits per heavy atom. The summed E-state index contributed by atoms with van der Waals surface area (Å²) in [6.45, 7) is 3.29. The highest BCUT2D eigenvalue weighted by Gasteiger charge is 2.71. The molecule has 6 rings (SSSR count). The van der Waals surface area contributed by atoms with Gasteiger partial charge in [0.15, 0.2) is 9.34 Å². The van der Waals surface area contributed by atoms with Crippen LogP contribution in [0.2, 0.25) is 0 Å². The van der Waals surface area contributed by atoms with E-state index in [1.807, 2.05) is 4.72 Å². The molecule has 1 heterocycles. The highest BCUT2D eigenvalue weighted by Crippen LogP contribution is 2.65. The number of carbonyl (C=O) groups is 2. The standard InChI is InChI=1S/C33H42F6N4O8S2/c1-20-28(53(47,48)43-25-4-2-24(3-5-25)31(46,32(34,35)36)33(37,38)39)52-29(41-20)42-26(44)6-8-49-10-12-51-13-11-50-9-7-40-27(45)19-30-16-21-14-22(17-30)23(15-21)18-30/h2-5,21-23,43,46H,6-19H2,1H3,(H,40,45)(H,41,42,44). The first-order valence-corrected chi connectivity index (χ1v) is 19.4. The number of amides is 2. The summed E-state index contributed by atoms with van der Waals surface area (Å²) in [5.74, 6) is 2.06. The summed E-state index contributed by atoms with van der Waals surface area (Å²) >= 11 is 0.575. The number of rotatable bonds is 19. The van der Waals surface area contributed by atoms with Gasteiger partial charge in [0.1, 0.15) is 0 Å². The van der Waals surface area contributed by atoms with Gasteiger partial charge < -0.3 is 30.0 Å². The Bertz CT molecular complexity index is 1670. The number of hydrogen-bond acceptors (Lipinski definition) is 10. The minimum absolute atomic E-state index is 0.0273. The summed E-state index contributed by atoms with van der Waals surface area (Å²) < 4.78 is 123. The van der Waals surface area contributed by atoms with E-state index in [-0.39, 0.29) is 58.3 Å². The summed E-state index contributed by atoms with van der Waals surface area (Å²) in [4.78, 5) is 28.8. The van der Waals surface area contributed by atoms with Crippen molar-refractivity contribution in [2.24, 2.45) is 23.2 Å². The Kier molecular flexibility index (Phi) is 12.7. The third-order valence-electron chi connectivity index (χ3n) is 9.99. The van der Waals surface area contributed by atoms with Crippen molar-refractivity contribution in [3.8, 4) is 0 Å². The number of alkyl halides is 6. The summed E-state index contributed by atoms with van der Waals surface area (Å²) in [7, 11) is -4.43. The molecule has 0 radical (unpaired) electrons. The first-order valence-electron chi connectivity index (χ1n) is 17.1. The van der Waals surface area contributed by atoms with Crippen LogP contribution in [0.25, 0.3) is 0 Å². The lowest BCUT2D eigenvalue weighted by Gasteiger charge is -2.37. The van der Waals surface area contributed by atoms with Gasteiger partial charge in [-0.15, -0.1) is 0 Å². The summed E-state index contributed by atoms with van der Waals surface area (Å²) in [5, 5.41) is 14.9. The molecule has 0 spiro atoms. The maximum Gasteiger partial charge on any atom is 0.430 e.